The molecule has 2 unspecified atom stereocenters. The zero-order chi connectivity index (χ0) is 17.8. The molecular formula is C23H30BrNO. The van der Waals surface area contributed by atoms with Crippen molar-refractivity contribution in [1.29, 1.82) is 0 Å². The summed E-state index contributed by atoms with van der Waals surface area (Å²) in [6.07, 6.45) is 10.9. The van der Waals surface area contributed by atoms with E-state index < -0.39 is 0 Å². The molecule has 0 spiro atoms. The first-order valence-corrected chi connectivity index (χ1v) is 11.4. The van der Waals surface area contributed by atoms with Crippen molar-refractivity contribution in [2.75, 3.05) is 13.1 Å². The molecule has 1 heterocycles. The van der Waals surface area contributed by atoms with Crippen molar-refractivity contribution < 1.29 is 4.79 Å². The van der Waals surface area contributed by atoms with E-state index in [1.807, 2.05) is 0 Å². The molecule has 5 aliphatic rings. The monoisotopic (exact) mass is 415 g/mol. The maximum Gasteiger partial charge on any atom is 0.228 e. The van der Waals surface area contributed by atoms with Crippen molar-refractivity contribution in [1.82, 2.24) is 4.90 Å². The van der Waals surface area contributed by atoms with Crippen LogP contribution in [-0.2, 0) is 11.2 Å². The Hall–Kier alpha value is -0.830. The number of hydrogen-bond donors (Lipinski definition) is 0. The third-order valence-electron chi connectivity index (χ3n) is 7.71. The first-order valence-electron chi connectivity index (χ1n) is 10.6. The Bertz CT molecular complexity index is 665. The van der Waals surface area contributed by atoms with Crippen LogP contribution in [0.25, 0.3) is 0 Å². The average molecular weight is 416 g/mol. The maximum absolute atomic E-state index is 13.6. The number of halogens is 1. The highest BCUT2D eigenvalue weighted by molar-refractivity contribution is 9.10. The lowest BCUT2D eigenvalue weighted by molar-refractivity contribution is -0.157. The SMILES string of the molecule is O=C(N1CCC(Cc2ccccc2)CC1)C12CC3CC(CC(Br)(C3)C1)C2. The number of nitrogens with zero attached hydrogens (tertiary/aromatic N) is 1. The summed E-state index contributed by atoms with van der Waals surface area (Å²) in [5, 5.41) is 0. The lowest BCUT2D eigenvalue weighted by atomic mass is 9.49. The summed E-state index contributed by atoms with van der Waals surface area (Å²) in [6.45, 7) is 1.95. The Labute approximate surface area is 165 Å². The molecule has 1 saturated heterocycles. The van der Waals surface area contributed by atoms with Crippen LogP contribution in [-0.4, -0.2) is 28.2 Å². The second-order valence-corrected chi connectivity index (χ2v) is 11.5. The van der Waals surface area contributed by atoms with Gasteiger partial charge >= 0.3 is 0 Å². The van der Waals surface area contributed by atoms with Crippen LogP contribution in [0.3, 0.4) is 0 Å². The highest BCUT2D eigenvalue weighted by Gasteiger charge is 2.60. The van der Waals surface area contributed by atoms with E-state index in [0.717, 1.165) is 37.3 Å². The lowest BCUT2D eigenvalue weighted by Crippen LogP contribution is -2.59. The van der Waals surface area contributed by atoms with Crippen molar-refractivity contribution >= 4 is 21.8 Å². The average Bonchev–Trinajstić information content (AvgIpc) is 2.60. The third-order valence-corrected chi connectivity index (χ3v) is 8.64. The van der Waals surface area contributed by atoms with Gasteiger partial charge in [0, 0.05) is 17.4 Å². The van der Waals surface area contributed by atoms with Crippen LogP contribution in [0.15, 0.2) is 30.3 Å². The van der Waals surface area contributed by atoms with Crippen molar-refractivity contribution in [2.24, 2.45) is 23.2 Å². The molecule has 26 heavy (non-hydrogen) atoms. The minimum absolute atomic E-state index is 0.0279. The predicted octanol–water partition coefficient (Wildman–Crippen LogP) is 5.20. The van der Waals surface area contributed by atoms with E-state index in [0.29, 0.717) is 5.91 Å². The van der Waals surface area contributed by atoms with E-state index in [9.17, 15) is 4.79 Å². The van der Waals surface area contributed by atoms with Crippen LogP contribution in [0.4, 0.5) is 0 Å². The third kappa shape index (κ3) is 3.04. The van der Waals surface area contributed by atoms with E-state index in [1.54, 1.807) is 0 Å². The number of benzene rings is 1. The molecule has 140 valence electrons. The van der Waals surface area contributed by atoms with E-state index in [2.05, 4.69) is 51.2 Å². The fourth-order valence-corrected chi connectivity index (χ4v) is 8.48. The first-order chi connectivity index (χ1) is 12.5. The quantitative estimate of drug-likeness (QED) is 0.620. The Kier molecular flexibility index (Phi) is 4.23. The largest absolute Gasteiger partial charge is 0.342 e. The number of hydrogen-bond acceptors (Lipinski definition) is 1. The van der Waals surface area contributed by atoms with Gasteiger partial charge in [-0.25, -0.2) is 0 Å². The van der Waals surface area contributed by atoms with Gasteiger partial charge in [-0.3, -0.25) is 4.79 Å². The highest BCUT2D eigenvalue weighted by Crippen LogP contribution is 2.64. The number of amides is 1. The van der Waals surface area contributed by atoms with Gasteiger partial charge in [-0.2, -0.15) is 0 Å². The van der Waals surface area contributed by atoms with Crippen LogP contribution in [0.5, 0.6) is 0 Å². The molecule has 3 heteroatoms. The first kappa shape index (κ1) is 17.3. The summed E-state index contributed by atoms with van der Waals surface area (Å²) in [5.41, 5.74) is 1.42. The van der Waals surface area contributed by atoms with Crippen LogP contribution in [0, 0.1) is 23.2 Å². The van der Waals surface area contributed by atoms with Gasteiger partial charge in [0.05, 0.1) is 5.41 Å². The van der Waals surface area contributed by atoms with Gasteiger partial charge in [0.1, 0.15) is 0 Å². The zero-order valence-electron chi connectivity index (χ0n) is 15.6. The summed E-state index contributed by atoms with van der Waals surface area (Å²) in [7, 11) is 0. The molecule has 0 N–H and O–H groups in total. The summed E-state index contributed by atoms with van der Waals surface area (Å²) in [4.78, 5) is 15.8. The maximum atomic E-state index is 13.6. The molecule has 1 aromatic rings. The number of likely N-dealkylation sites (tertiary alicyclic amines) is 1. The molecule has 2 nitrogen and oxygen atoms in total. The topological polar surface area (TPSA) is 20.3 Å². The molecule has 1 aliphatic heterocycles. The van der Waals surface area contributed by atoms with Crippen LogP contribution >= 0.6 is 15.9 Å². The molecule has 4 saturated carbocycles. The number of rotatable bonds is 3. The van der Waals surface area contributed by atoms with E-state index >= 15 is 0 Å². The molecule has 0 radical (unpaired) electrons. The molecule has 6 rings (SSSR count). The van der Waals surface area contributed by atoms with Gasteiger partial charge < -0.3 is 4.90 Å². The van der Waals surface area contributed by atoms with Gasteiger partial charge in [-0.15, -0.1) is 0 Å². The van der Waals surface area contributed by atoms with E-state index in [4.69, 9.17) is 0 Å². The Morgan fingerprint density at radius 2 is 1.69 bits per heavy atom. The fraction of sp³-hybridized carbons (Fsp3) is 0.696. The van der Waals surface area contributed by atoms with Crippen molar-refractivity contribution in [3.63, 3.8) is 0 Å². The molecule has 1 amide bonds. The fourth-order valence-electron chi connectivity index (χ4n) is 7.02. The molecule has 4 bridgehead atoms. The zero-order valence-corrected chi connectivity index (χ0v) is 17.2. The number of alkyl halides is 1. The molecule has 5 fully saturated rings. The smallest absolute Gasteiger partial charge is 0.228 e. The van der Waals surface area contributed by atoms with Crippen LogP contribution in [0.2, 0.25) is 0 Å². The Morgan fingerprint density at radius 3 is 2.31 bits per heavy atom. The van der Waals surface area contributed by atoms with Gasteiger partial charge in [-0.1, -0.05) is 46.3 Å². The van der Waals surface area contributed by atoms with Crippen LogP contribution in [0.1, 0.15) is 56.9 Å². The number of carbonyl (C=O) groups is 1. The second kappa shape index (κ2) is 6.36. The summed E-state index contributed by atoms with van der Waals surface area (Å²) in [5.74, 6) is 2.82. The Morgan fingerprint density at radius 1 is 1.04 bits per heavy atom. The number of piperidine rings is 1. The van der Waals surface area contributed by atoms with Crippen LogP contribution < -0.4 is 0 Å². The minimum atomic E-state index is -0.0279. The van der Waals surface area contributed by atoms with Crippen molar-refractivity contribution in [3.8, 4) is 0 Å². The van der Waals surface area contributed by atoms with Gasteiger partial charge in [-0.05, 0) is 81.1 Å². The molecule has 2 atom stereocenters. The highest BCUT2D eigenvalue weighted by atomic mass is 79.9. The van der Waals surface area contributed by atoms with E-state index in [-0.39, 0.29) is 9.74 Å². The summed E-state index contributed by atoms with van der Waals surface area (Å²) < 4.78 is 0.276. The van der Waals surface area contributed by atoms with Crippen molar-refractivity contribution in [2.45, 2.75) is 62.1 Å². The standard InChI is InChI=1S/C23H30BrNO/c24-23-14-19-11-20(15-23)13-22(12-19,16-23)21(26)25-8-6-18(7-9-25)10-17-4-2-1-3-5-17/h1-5,18-20H,6-16H2. The van der Waals surface area contributed by atoms with E-state index in [1.165, 1.54) is 56.9 Å². The van der Waals surface area contributed by atoms with Gasteiger partial charge in [0.15, 0.2) is 0 Å². The second-order valence-electron chi connectivity index (χ2n) is 9.82. The van der Waals surface area contributed by atoms with Gasteiger partial charge in [0.25, 0.3) is 0 Å². The molecular weight excluding hydrogens is 386 g/mol. The van der Waals surface area contributed by atoms with Crippen molar-refractivity contribution in [3.05, 3.63) is 35.9 Å². The van der Waals surface area contributed by atoms with Gasteiger partial charge in [0.2, 0.25) is 5.91 Å². The summed E-state index contributed by atoms with van der Waals surface area (Å²) >= 11 is 4.06. The molecule has 4 aliphatic carbocycles. The predicted molar refractivity (Wildman–Crippen MR) is 108 cm³/mol. The normalized spacial score (nSPS) is 39.3. The Balaban J connectivity index is 1.24. The molecule has 1 aromatic carbocycles. The lowest BCUT2D eigenvalue weighted by Gasteiger charge is -2.60. The molecule has 0 aromatic heterocycles. The minimum Gasteiger partial charge on any atom is -0.342 e. The number of carbonyl (C=O) groups excluding carboxylic acids is 1. The summed E-state index contributed by atoms with van der Waals surface area (Å²) in [6, 6.07) is 10.8.